The fourth-order valence-electron chi connectivity index (χ4n) is 2.88. The van der Waals surface area contributed by atoms with E-state index in [2.05, 4.69) is 20.9 Å². The van der Waals surface area contributed by atoms with Gasteiger partial charge in [0.15, 0.2) is 7.14 Å². The number of halogens is 1. The Kier molecular flexibility index (Phi) is 2.88. The zero-order chi connectivity index (χ0) is 14.4. The van der Waals surface area contributed by atoms with E-state index in [-0.39, 0.29) is 0 Å². The summed E-state index contributed by atoms with van der Waals surface area (Å²) in [5.41, 5.74) is 2.71. The van der Waals surface area contributed by atoms with Crippen LogP contribution in [0.4, 0.5) is 0 Å². The first kappa shape index (κ1) is 13.0. The van der Waals surface area contributed by atoms with Gasteiger partial charge in [0.25, 0.3) is 0 Å². The molecule has 21 heavy (non-hydrogen) atoms. The van der Waals surface area contributed by atoms with Crippen LogP contribution >= 0.6 is 23.1 Å². The van der Waals surface area contributed by atoms with Crippen LogP contribution in [0.1, 0.15) is 0 Å². The van der Waals surface area contributed by atoms with Crippen LogP contribution in [0.3, 0.4) is 0 Å². The summed E-state index contributed by atoms with van der Waals surface area (Å²) < 4.78 is 14.9. The molecular formula is C17H11BrNOP. The molecular weight excluding hydrogens is 345 g/mol. The lowest BCUT2D eigenvalue weighted by atomic mass is 10.1. The first-order valence-electron chi connectivity index (χ1n) is 6.63. The predicted octanol–water partition coefficient (Wildman–Crippen LogP) is 3.46. The molecule has 0 spiro atoms. The predicted molar refractivity (Wildman–Crippen MR) is 90.3 cm³/mol. The number of aromatic nitrogens is 1. The lowest BCUT2D eigenvalue weighted by Crippen LogP contribution is -2.22. The van der Waals surface area contributed by atoms with E-state index in [4.69, 9.17) is 0 Å². The van der Waals surface area contributed by atoms with Crippen LogP contribution in [0, 0.1) is 0 Å². The van der Waals surface area contributed by atoms with Crippen molar-refractivity contribution in [3.63, 3.8) is 0 Å². The molecule has 0 saturated carbocycles. The summed E-state index contributed by atoms with van der Waals surface area (Å²) in [7, 11) is -2.87. The summed E-state index contributed by atoms with van der Waals surface area (Å²) in [6.45, 7) is 0. The Morgan fingerprint density at radius 2 is 1.71 bits per heavy atom. The van der Waals surface area contributed by atoms with Crippen LogP contribution in [0.25, 0.3) is 11.1 Å². The van der Waals surface area contributed by atoms with Gasteiger partial charge in [-0.05, 0) is 23.8 Å². The molecule has 1 atom stereocenters. The van der Waals surface area contributed by atoms with Gasteiger partial charge < -0.3 is 4.57 Å². The second-order valence-electron chi connectivity index (χ2n) is 4.98. The van der Waals surface area contributed by atoms with Gasteiger partial charge in [-0.2, -0.15) is 0 Å². The first-order chi connectivity index (χ1) is 10.2. The van der Waals surface area contributed by atoms with Gasteiger partial charge in [0.05, 0.1) is 0 Å². The minimum absolute atomic E-state index is 0.698. The molecule has 0 N–H and O–H groups in total. The Morgan fingerprint density at radius 3 is 2.57 bits per heavy atom. The molecule has 1 aliphatic heterocycles. The van der Waals surface area contributed by atoms with Crippen molar-refractivity contribution in [3.05, 3.63) is 71.3 Å². The normalized spacial score (nSPS) is 19.1. The van der Waals surface area contributed by atoms with Crippen LogP contribution in [0.15, 0.2) is 71.3 Å². The molecule has 3 aromatic rings. The van der Waals surface area contributed by atoms with Crippen LogP contribution in [-0.2, 0) is 4.57 Å². The minimum atomic E-state index is -2.87. The van der Waals surface area contributed by atoms with Gasteiger partial charge in [-0.1, -0.05) is 58.4 Å². The maximum absolute atomic E-state index is 13.9. The van der Waals surface area contributed by atoms with Crippen molar-refractivity contribution in [1.82, 2.24) is 4.98 Å². The molecule has 4 heteroatoms. The van der Waals surface area contributed by atoms with E-state index in [0.29, 0.717) is 5.44 Å². The van der Waals surface area contributed by atoms with E-state index in [1.54, 1.807) is 6.20 Å². The largest absolute Gasteiger partial charge is 0.307 e. The third kappa shape index (κ3) is 1.78. The van der Waals surface area contributed by atoms with Crippen molar-refractivity contribution in [1.29, 1.82) is 0 Å². The van der Waals surface area contributed by atoms with E-state index >= 15 is 0 Å². The molecule has 2 heterocycles. The maximum atomic E-state index is 13.9. The summed E-state index contributed by atoms with van der Waals surface area (Å²) in [6.07, 6.45) is 1.72. The summed E-state index contributed by atoms with van der Waals surface area (Å²) in [5, 5.41) is 1.71. The van der Waals surface area contributed by atoms with Crippen LogP contribution in [0.2, 0.25) is 0 Å². The second kappa shape index (κ2) is 4.66. The summed E-state index contributed by atoms with van der Waals surface area (Å²) in [4.78, 5) is 4.45. The van der Waals surface area contributed by atoms with E-state index < -0.39 is 7.14 Å². The van der Waals surface area contributed by atoms with E-state index in [1.165, 1.54) is 0 Å². The van der Waals surface area contributed by atoms with Gasteiger partial charge in [0.1, 0.15) is 5.44 Å². The second-order valence-corrected chi connectivity index (χ2v) is 8.54. The van der Waals surface area contributed by atoms with Crippen LogP contribution in [-0.4, -0.2) is 4.98 Å². The summed E-state index contributed by atoms with van der Waals surface area (Å²) in [6, 6.07) is 19.5. The number of hydrogen-bond acceptors (Lipinski definition) is 2. The van der Waals surface area contributed by atoms with Gasteiger partial charge in [-0.15, -0.1) is 0 Å². The molecule has 0 radical (unpaired) electrons. The fraction of sp³-hybridized carbons (Fsp3) is 0. The maximum Gasteiger partial charge on any atom is 0.189 e. The van der Waals surface area contributed by atoms with Crippen molar-refractivity contribution < 1.29 is 4.57 Å². The number of fused-ring (bicyclic) bond motifs is 3. The van der Waals surface area contributed by atoms with E-state index in [9.17, 15) is 4.57 Å². The Morgan fingerprint density at radius 1 is 0.905 bits per heavy atom. The fourth-order valence-corrected chi connectivity index (χ4v) is 6.42. The molecule has 1 aromatic heterocycles. The highest BCUT2D eigenvalue weighted by molar-refractivity contribution is 9.10. The highest BCUT2D eigenvalue weighted by Gasteiger charge is 2.41. The molecule has 2 aromatic carbocycles. The van der Waals surface area contributed by atoms with Gasteiger partial charge in [0.2, 0.25) is 0 Å². The van der Waals surface area contributed by atoms with Crippen molar-refractivity contribution in [2.24, 2.45) is 0 Å². The third-order valence-corrected chi connectivity index (χ3v) is 7.31. The van der Waals surface area contributed by atoms with Crippen molar-refractivity contribution in [3.8, 4) is 11.1 Å². The quantitative estimate of drug-likeness (QED) is 0.489. The molecule has 0 amide bonds. The minimum Gasteiger partial charge on any atom is -0.307 e. The Labute approximate surface area is 131 Å². The standard InChI is InChI=1S/C17H11BrNOP/c18-12-5-3-6-13(11-12)21(20)16-9-2-1-7-14(16)15-8-4-10-19-17(15)21/h1-11H/t21-/m0/s1. The third-order valence-electron chi connectivity index (χ3n) is 3.79. The average molecular weight is 356 g/mol. The Bertz CT molecular complexity index is 857. The van der Waals surface area contributed by atoms with Crippen LogP contribution < -0.4 is 16.0 Å². The lowest BCUT2D eigenvalue weighted by Gasteiger charge is -2.14. The number of hydrogen-bond donors (Lipinski definition) is 0. The topological polar surface area (TPSA) is 30.0 Å². The smallest absolute Gasteiger partial charge is 0.189 e. The SMILES string of the molecule is O=[P@@]1(c2cccc(Br)c2)c2ccccc2-c2cccnc21. The van der Waals surface area contributed by atoms with Gasteiger partial charge in [-0.25, -0.2) is 0 Å². The molecule has 0 aliphatic carbocycles. The summed E-state index contributed by atoms with van der Waals surface area (Å²) in [5.74, 6) is 0. The highest BCUT2D eigenvalue weighted by Crippen LogP contribution is 2.51. The lowest BCUT2D eigenvalue weighted by molar-refractivity contribution is 0.592. The molecule has 0 fully saturated rings. The van der Waals surface area contributed by atoms with Gasteiger partial charge >= 0.3 is 0 Å². The zero-order valence-electron chi connectivity index (χ0n) is 11.0. The highest BCUT2D eigenvalue weighted by atomic mass is 79.9. The molecule has 1 aliphatic rings. The molecule has 4 rings (SSSR count). The van der Waals surface area contributed by atoms with Gasteiger partial charge in [0, 0.05) is 26.8 Å². The molecule has 2 nitrogen and oxygen atoms in total. The average Bonchev–Trinajstić information content (AvgIpc) is 2.79. The number of rotatable bonds is 1. The van der Waals surface area contributed by atoms with Crippen LogP contribution in [0.5, 0.6) is 0 Å². The molecule has 0 bridgehead atoms. The first-order valence-corrected chi connectivity index (χ1v) is 9.13. The zero-order valence-corrected chi connectivity index (χ0v) is 13.5. The van der Waals surface area contributed by atoms with E-state index in [0.717, 1.165) is 26.2 Å². The Hall–Kier alpha value is -1.70. The molecule has 0 saturated heterocycles. The Balaban J connectivity index is 2.12. The molecule has 102 valence electrons. The van der Waals surface area contributed by atoms with Gasteiger partial charge in [-0.3, -0.25) is 4.98 Å². The number of benzene rings is 2. The van der Waals surface area contributed by atoms with Crippen molar-refractivity contribution in [2.75, 3.05) is 0 Å². The number of pyridine rings is 1. The van der Waals surface area contributed by atoms with Crippen molar-refractivity contribution in [2.45, 2.75) is 0 Å². The number of nitrogens with zero attached hydrogens (tertiary/aromatic N) is 1. The monoisotopic (exact) mass is 355 g/mol. The van der Waals surface area contributed by atoms with Crippen molar-refractivity contribution >= 4 is 39.1 Å². The van der Waals surface area contributed by atoms with E-state index in [1.807, 2.05) is 60.7 Å². The summed E-state index contributed by atoms with van der Waals surface area (Å²) >= 11 is 3.47. The molecule has 0 unspecified atom stereocenters.